The number of aliphatic carboxylic acids is 1. The molecule has 1 fully saturated rings. The Balaban J connectivity index is 2.27. The van der Waals surface area contributed by atoms with Gasteiger partial charge in [-0.2, -0.15) is 0 Å². The van der Waals surface area contributed by atoms with E-state index in [9.17, 15) is 14.7 Å². The molecule has 1 N–H and O–H groups in total. The number of methoxy groups -OCH3 is 1. The summed E-state index contributed by atoms with van der Waals surface area (Å²) < 4.78 is 10.4. The van der Waals surface area contributed by atoms with E-state index in [1.807, 2.05) is 26.8 Å². The summed E-state index contributed by atoms with van der Waals surface area (Å²) in [6, 6.07) is 6.91. The second-order valence-corrected chi connectivity index (χ2v) is 6.50. The second kappa shape index (κ2) is 8.01. The zero-order valence-corrected chi connectivity index (χ0v) is 15.0. The zero-order valence-electron chi connectivity index (χ0n) is 15.0. The predicted octanol–water partition coefficient (Wildman–Crippen LogP) is 3.70. The number of hydrogen-bond donors (Lipinski definition) is 1. The first-order chi connectivity index (χ1) is 11.8. The van der Waals surface area contributed by atoms with Crippen LogP contribution in [-0.2, 0) is 14.3 Å². The van der Waals surface area contributed by atoms with Crippen LogP contribution in [0.2, 0.25) is 0 Å². The molecule has 5 heteroatoms. The Labute approximate surface area is 147 Å². The molecule has 0 amide bonds. The van der Waals surface area contributed by atoms with Crippen molar-refractivity contribution in [2.75, 3.05) is 13.7 Å². The minimum absolute atomic E-state index is 0.0866. The van der Waals surface area contributed by atoms with Gasteiger partial charge in [0.15, 0.2) is 0 Å². The fraction of sp³-hybridized carbons (Fsp3) is 0.400. The number of esters is 1. The van der Waals surface area contributed by atoms with Crippen molar-refractivity contribution in [3.63, 3.8) is 0 Å². The van der Waals surface area contributed by atoms with Crippen molar-refractivity contribution in [2.24, 2.45) is 11.8 Å². The van der Waals surface area contributed by atoms with Crippen LogP contribution in [0.3, 0.4) is 0 Å². The van der Waals surface area contributed by atoms with Crippen molar-refractivity contribution in [3.8, 4) is 5.75 Å². The van der Waals surface area contributed by atoms with Crippen molar-refractivity contribution in [1.82, 2.24) is 0 Å². The van der Waals surface area contributed by atoms with Gasteiger partial charge in [-0.05, 0) is 55.5 Å². The summed E-state index contributed by atoms with van der Waals surface area (Å²) in [6.07, 6.45) is 2.55. The van der Waals surface area contributed by atoms with E-state index in [4.69, 9.17) is 9.47 Å². The lowest BCUT2D eigenvalue weighted by Crippen LogP contribution is -2.36. The van der Waals surface area contributed by atoms with Gasteiger partial charge in [0, 0.05) is 0 Å². The molecule has 1 aromatic rings. The molecule has 2 atom stereocenters. The van der Waals surface area contributed by atoms with Gasteiger partial charge in [-0.15, -0.1) is 0 Å². The van der Waals surface area contributed by atoms with E-state index in [0.717, 1.165) is 0 Å². The van der Waals surface area contributed by atoms with Crippen LogP contribution in [0.15, 0.2) is 41.5 Å². The quantitative estimate of drug-likeness (QED) is 0.484. The predicted molar refractivity (Wildman–Crippen MR) is 95.2 cm³/mol. The molecule has 1 aromatic carbocycles. The number of carbonyl (C=O) groups is 2. The highest BCUT2D eigenvalue weighted by Crippen LogP contribution is 2.44. The van der Waals surface area contributed by atoms with E-state index >= 15 is 0 Å². The van der Waals surface area contributed by atoms with Gasteiger partial charge in [0.1, 0.15) is 12.4 Å². The van der Waals surface area contributed by atoms with Crippen molar-refractivity contribution in [3.05, 3.63) is 47.1 Å². The van der Waals surface area contributed by atoms with Crippen LogP contribution in [0.5, 0.6) is 5.75 Å². The van der Waals surface area contributed by atoms with E-state index in [2.05, 4.69) is 0 Å². The Morgan fingerprint density at radius 1 is 1.24 bits per heavy atom. The number of rotatable bonds is 6. The first kappa shape index (κ1) is 18.8. The maximum atomic E-state index is 11.9. The van der Waals surface area contributed by atoms with E-state index in [0.29, 0.717) is 29.9 Å². The number of benzene rings is 1. The maximum absolute atomic E-state index is 11.9. The normalized spacial score (nSPS) is 21.0. The summed E-state index contributed by atoms with van der Waals surface area (Å²) in [5.74, 6) is -1.14. The SMILES string of the molecule is COC(=O)C1/C(=C(\C(=O)O)c2ccc(OCC=C(C)C)cc2)CC1C. The van der Waals surface area contributed by atoms with Crippen LogP contribution in [-0.4, -0.2) is 30.8 Å². The fourth-order valence-electron chi connectivity index (χ4n) is 3.00. The summed E-state index contributed by atoms with van der Waals surface area (Å²) in [5, 5.41) is 9.64. The lowest BCUT2D eigenvalue weighted by Gasteiger charge is -2.36. The Morgan fingerprint density at radius 2 is 1.88 bits per heavy atom. The van der Waals surface area contributed by atoms with Crippen LogP contribution < -0.4 is 4.74 Å². The highest BCUT2D eigenvalue weighted by atomic mass is 16.5. The number of carbonyl (C=O) groups excluding carboxylic acids is 1. The van der Waals surface area contributed by atoms with Crippen LogP contribution in [0, 0.1) is 11.8 Å². The number of carboxylic acids is 1. The summed E-state index contributed by atoms with van der Waals surface area (Å²) in [5.41, 5.74) is 2.55. The van der Waals surface area contributed by atoms with Crippen molar-refractivity contribution >= 4 is 17.5 Å². The fourth-order valence-corrected chi connectivity index (χ4v) is 3.00. The number of hydrogen-bond acceptors (Lipinski definition) is 4. The first-order valence-electron chi connectivity index (χ1n) is 8.26. The van der Waals surface area contributed by atoms with Gasteiger partial charge in [-0.3, -0.25) is 4.79 Å². The summed E-state index contributed by atoms with van der Waals surface area (Å²) >= 11 is 0. The maximum Gasteiger partial charge on any atom is 0.336 e. The molecule has 0 aromatic heterocycles. The first-order valence-corrected chi connectivity index (χ1v) is 8.26. The Hall–Kier alpha value is -2.56. The highest BCUT2D eigenvalue weighted by molar-refractivity contribution is 6.17. The number of allylic oxidation sites excluding steroid dienone is 1. The highest BCUT2D eigenvalue weighted by Gasteiger charge is 2.42. The minimum atomic E-state index is -1.03. The van der Waals surface area contributed by atoms with Crippen molar-refractivity contribution < 1.29 is 24.2 Å². The third kappa shape index (κ3) is 4.29. The molecule has 2 unspecified atom stereocenters. The molecule has 2 rings (SSSR count). The molecule has 1 aliphatic rings. The molecule has 1 aliphatic carbocycles. The molecular weight excluding hydrogens is 320 g/mol. The molecule has 0 bridgehead atoms. The average Bonchev–Trinajstić information content (AvgIpc) is 2.54. The van der Waals surface area contributed by atoms with E-state index < -0.39 is 11.9 Å². The summed E-state index contributed by atoms with van der Waals surface area (Å²) in [7, 11) is 1.32. The van der Waals surface area contributed by atoms with Gasteiger partial charge in [0.25, 0.3) is 0 Å². The Kier molecular flexibility index (Phi) is 6.02. The van der Waals surface area contributed by atoms with Crippen LogP contribution >= 0.6 is 0 Å². The summed E-state index contributed by atoms with van der Waals surface area (Å²) in [4.78, 5) is 23.7. The van der Waals surface area contributed by atoms with Gasteiger partial charge < -0.3 is 14.6 Å². The van der Waals surface area contributed by atoms with E-state index in [-0.39, 0.29) is 17.5 Å². The van der Waals surface area contributed by atoms with Gasteiger partial charge in [0.05, 0.1) is 18.6 Å². The molecule has 0 aliphatic heterocycles. The molecule has 5 nitrogen and oxygen atoms in total. The van der Waals surface area contributed by atoms with Gasteiger partial charge in [-0.25, -0.2) is 4.79 Å². The Morgan fingerprint density at radius 3 is 2.36 bits per heavy atom. The molecule has 134 valence electrons. The Bertz CT molecular complexity index is 708. The molecule has 1 saturated carbocycles. The van der Waals surface area contributed by atoms with E-state index in [1.165, 1.54) is 12.7 Å². The zero-order chi connectivity index (χ0) is 18.6. The molecular formula is C20H24O5. The van der Waals surface area contributed by atoms with Crippen LogP contribution in [0.4, 0.5) is 0 Å². The minimum Gasteiger partial charge on any atom is -0.490 e. The number of ether oxygens (including phenoxy) is 2. The molecule has 0 heterocycles. The van der Waals surface area contributed by atoms with Gasteiger partial charge in [0.2, 0.25) is 0 Å². The molecule has 0 saturated heterocycles. The summed E-state index contributed by atoms with van der Waals surface area (Å²) in [6.45, 7) is 6.38. The van der Waals surface area contributed by atoms with Crippen LogP contribution in [0.25, 0.3) is 5.57 Å². The largest absolute Gasteiger partial charge is 0.490 e. The molecule has 0 spiro atoms. The van der Waals surface area contributed by atoms with Crippen molar-refractivity contribution in [2.45, 2.75) is 27.2 Å². The smallest absolute Gasteiger partial charge is 0.336 e. The lowest BCUT2D eigenvalue weighted by molar-refractivity contribution is -0.147. The van der Waals surface area contributed by atoms with Gasteiger partial charge >= 0.3 is 11.9 Å². The van der Waals surface area contributed by atoms with Crippen LogP contribution in [0.1, 0.15) is 32.8 Å². The monoisotopic (exact) mass is 344 g/mol. The van der Waals surface area contributed by atoms with E-state index in [1.54, 1.807) is 24.3 Å². The molecule has 0 radical (unpaired) electrons. The molecule has 25 heavy (non-hydrogen) atoms. The van der Waals surface area contributed by atoms with Gasteiger partial charge in [-0.1, -0.05) is 24.6 Å². The van der Waals surface area contributed by atoms with Crippen molar-refractivity contribution in [1.29, 1.82) is 0 Å². The second-order valence-electron chi connectivity index (χ2n) is 6.50. The third-order valence-electron chi connectivity index (χ3n) is 4.36. The number of carboxylic acid groups (broad SMARTS) is 1. The lowest BCUT2D eigenvalue weighted by atomic mass is 9.67. The average molecular weight is 344 g/mol. The third-order valence-corrected chi connectivity index (χ3v) is 4.36. The standard InChI is InChI=1S/C20H24O5/c1-12(2)9-10-25-15-7-5-14(6-8-15)18(19(21)22)16-11-13(3)17(16)20(23)24-4/h5-9,13,17H,10-11H2,1-4H3,(H,21,22)/b18-16-. The topological polar surface area (TPSA) is 72.8 Å².